The Morgan fingerprint density at radius 1 is 1.29 bits per heavy atom. The first kappa shape index (κ1) is 16.0. The van der Waals surface area contributed by atoms with E-state index in [1.165, 1.54) is 6.07 Å². The summed E-state index contributed by atoms with van der Waals surface area (Å²) in [4.78, 5) is 14.1. The molecule has 1 heterocycles. The number of hydrogen-bond donors (Lipinski definition) is 1. The summed E-state index contributed by atoms with van der Waals surface area (Å²) in [7, 11) is -3.69. The normalized spacial score (nSPS) is 14.3. The van der Waals surface area contributed by atoms with Crippen molar-refractivity contribution in [1.82, 2.24) is 0 Å². The molecule has 1 aliphatic rings. The summed E-state index contributed by atoms with van der Waals surface area (Å²) in [5.74, 6) is 0.119. The molecular formula is C15H22N2O3S. The van der Waals surface area contributed by atoms with Gasteiger partial charge in [0.15, 0.2) is 0 Å². The minimum absolute atomic E-state index is 0.110. The highest BCUT2D eigenvalue weighted by atomic mass is 32.2. The summed E-state index contributed by atoms with van der Waals surface area (Å²) in [6.07, 6.45) is 5.52. The van der Waals surface area contributed by atoms with E-state index in [1.807, 2.05) is 0 Å². The lowest BCUT2D eigenvalue weighted by molar-refractivity contribution is -0.118. The smallest absolute Gasteiger partial charge is 0.238 e. The van der Waals surface area contributed by atoms with Gasteiger partial charge < -0.3 is 4.90 Å². The van der Waals surface area contributed by atoms with Crippen molar-refractivity contribution in [2.45, 2.75) is 50.3 Å². The van der Waals surface area contributed by atoms with Crippen LogP contribution >= 0.6 is 0 Å². The number of unbranched alkanes of at least 4 members (excludes halogenated alkanes) is 3. The van der Waals surface area contributed by atoms with Crippen LogP contribution in [0.5, 0.6) is 0 Å². The molecule has 0 atom stereocenters. The van der Waals surface area contributed by atoms with Gasteiger partial charge in [-0.05, 0) is 36.6 Å². The van der Waals surface area contributed by atoms with Gasteiger partial charge in [-0.25, -0.2) is 13.6 Å². The molecule has 1 aliphatic heterocycles. The lowest BCUT2D eigenvalue weighted by Crippen LogP contribution is -2.28. The molecule has 6 heteroatoms. The number of carbonyl (C=O) groups is 1. The van der Waals surface area contributed by atoms with Crippen molar-refractivity contribution in [2.75, 3.05) is 11.4 Å². The van der Waals surface area contributed by atoms with Crippen LogP contribution in [0.1, 0.15) is 44.6 Å². The summed E-state index contributed by atoms with van der Waals surface area (Å²) in [6.45, 7) is 2.76. The largest absolute Gasteiger partial charge is 0.312 e. The molecule has 0 bridgehead atoms. The molecule has 1 aromatic carbocycles. The number of carbonyl (C=O) groups excluding carboxylic acids is 1. The highest BCUT2D eigenvalue weighted by Gasteiger charge is 2.25. The first-order valence-electron chi connectivity index (χ1n) is 7.39. The van der Waals surface area contributed by atoms with Gasteiger partial charge in [-0.15, -0.1) is 0 Å². The summed E-state index contributed by atoms with van der Waals surface area (Å²) in [6, 6.07) is 4.73. The number of sulfonamides is 1. The van der Waals surface area contributed by atoms with Crippen LogP contribution < -0.4 is 10.0 Å². The Bertz CT molecular complexity index is 626. The first-order chi connectivity index (χ1) is 9.93. The Labute approximate surface area is 126 Å². The molecule has 0 saturated carbocycles. The van der Waals surface area contributed by atoms with E-state index in [4.69, 9.17) is 5.14 Å². The van der Waals surface area contributed by atoms with Crippen molar-refractivity contribution >= 4 is 21.6 Å². The van der Waals surface area contributed by atoms with E-state index < -0.39 is 10.0 Å². The van der Waals surface area contributed by atoms with E-state index in [9.17, 15) is 13.2 Å². The Morgan fingerprint density at radius 3 is 2.71 bits per heavy atom. The molecule has 116 valence electrons. The average molecular weight is 310 g/mol. The Hall–Kier alpha value is -1.40. The third kappa shape index (κ3) is 3.83. The molecule has 1 aromatic rings. The number of nitrogens with zero attached hydrogens (tertiary/aromatic N) is 1. The fraction of sp³-hybridized carbons (Fsp3) is 0.533. The van der Waals surface area contributed by atoms with E-state index in [0.29, 0.717) is 19.4 Å². The molecular weight excluding hydrogens is 288 g/mol. The highest BCUT2D eigenvalue weighted by Crippen LogP contribution is 2.30. The standard InChI is InChI=1S/C15H22N2O3S/c1-2-3-4-5-6-15(18)17-10-9-12-11-13(21(16,19)20)7-8-14(12)17/h7-8,11H,2-6,9-10H2,1H3,(H2,16,19,20). The topological polar surface area (TPSA) is 80.5 Å². The monoisotopic (exact) mass is 310 g/mol. The maximum atomic E-state index is 12.2. The van der Waals surface area contributed by atoms with E-state index in [0.717, 1.165) is 36.9 Å². The van der Waals surface area contributed by atoms with Gasteiger partial charge in [-0.2, -0.15) is 0 Å². The van der Waals surface area contributed by atoms with Crippen LogP contribution in [-0.2, 0) is 21.2 Å². The third-order valence-corrected chi connectivity index (χ3v) is 4.73. The molecule has 0 aromatic heterocycles. The van der Waals surface area contributed by atoms with Crippen molar-refractivity contribution in [3.63, 3.8) is 0 Å². The average Bonchev–Trinajstić information content (AvgIpc) is 2.85. The van der Waals surface area contributed by atoms with Crippen LogP contribution in [0.4, 0.5) is 5.69 Å². The van der Waals surface area contributed by atoms with Gasteiger partial charge in [0.1, 0.15) is 0 Å². The Morgan fingerprint density at radius 2 is 2.05 bits per heavy atom. The molecule has 0 radical (unpaired) electrons. The molecule has 1 amide bonds. The van der Waals surface area contributed by atoms with E-state index in [-0.39, 0.29) is 10.8 Å². The summed E-state index contributed by atoms with van der Waals surface area (Å²) < 4.78 is 22.7. The Kier molecular flexibility index (Phi) is 5.00. The van der Waals surface area contributed by atoms with Crippen molar-refractivity contribution in [2.24, 2.45) is 5.14 Å². The zero-order valence-corrected chi connectivity index (χ0v) is 13.2. The van der Waals surface area contributed by atoms with E-state index in [1.54, 1.807) is 17.0 Å². The number of benzene rings is 1. The van der Waals surface area contributed by atoms with Gasteiger partial charge >= 0.3 is 0 Å². The van der Waals surface area contributed by atoms with Gasteiger partial charge in [0, 0.05) is 18.7 Å². The predicted octanol–water partition coefficient (Wildman–Crippen LogP) is 2.19. The maximum Gasteiger partial charge on any atom is 0.238 e. The second-order valence-corrected chi connectivity index (χ2v) is 7.00. The number of fused-ring (bicyclic) bond motifs is 1. The van der Waals surface area contributed by atoms with Crippen LogP contribution in [0.2, 0.25) is 0 Å². The Balaban J connectivity index is 2.07. The molecule has 0 spiro atoms. The van der Waals surface area contributed by atoms with Gasteiger partial charge in [0.25, 0.3) is 0 Å². The third-order valence-electron chi connectivity index (χ3n) is 3.82. The zero-order chi connectivity index (χ0) is 15.5. The van der Waals surface area contributed by atoms with Gasteiger partial charge in [-0.3, -0.25) is 4.79 Å². The lowest BCUT2D eigenvalue weighted by Gasteiger charge is -2.17. The van der Waals surface area contributed by atoms with Gasteiger partial charge in [0.05, 0.1) is 4.90 Å². The van der Waals surface area contributed by atoms with Crippen molar-refractivity contribution in [1.29, 1.82) is 0 Å². The van der Waals surface area contributed by atoms with Crippen LogP contribution in [-0.4, -0.2) is 20.9 Å². The van der Waals surface area contributed by atoms with E-state index in [2.05, 4.69) is 6.92 Å². The molecule has 21 heavy (non-hydrogen) atoms. The number of primary sulfonamides is 1. The van der Waals surface area contributed by atoms with Crippen LogP contribution in [0.15, 0.2) is 23.1 Å². The first-order valence-corrected chi connectivity index (χ1v) is 8.94. The molecule has 0 fully saturated rings. The quantitative estimate of drug-likeness (QED) is 0.818. The molecule has 5 nitrogen and oxygen atoms in total. The number of hydrogen-bond acceptors (Lipinski definition) is 3. The van der Waals surface area contributed by atoms with Crippen LogP contribution in [0.25, 0.3) is 0 Å². The van der Waals surface area contributed by atoms with Crippen molar-refractivity contribution in [3.05, 3.63) is 23.8 Å². The predicted molar refractivity (Wildman–Crippen MR) is 82.6 cm³/mol. The molecule has 2 rings (SSSR count). The number of nitrogens with two attached hydrogens (primary N) is 1. The molecule has 0 unspecified atom stereocenters. The molecule has 2 N–H and O–H groups in total. The SMILES string of the molecule is CCCCCCC(=O)N1CCc2cc(S(N)(=O)=O)ccc21. The van der Waals surface area contributed by atoms with Gasteiger partial charge in [0.2, 0.25) is 15.9 Å². The summed E-state index contributed by atoms with van der Waals surface area (Å²) in [5.41, 5.74) is 1.70. The van der Waals surface area contributed by atoms with Crippen molar-refractivity contribution < 1.29 is 13.2 Å². The van der Waals surface area contributed by atoms with E-state index >= 15 is 0 Å². The molecule has 0 aliphatic carbocycles. The summed E-state index contributed by atoms with van der Waals surface area (Å²) >= 11 is 0. The maximum absolute atomic E-state index is 12.2. The number of amides is 1. The zero-order valence-electron chi connectivity index (χ0n) is 12.3. The fourth-order valence-electron chi connectivity index (χ4n) is 2.65. The minimum atomic E-state index is -3.69. The fourth-order valence-corrected chi connectivity index (χ4v) is 3.22. The number of anilines is 1. The summed E-state index contributed by atoms with van der Waals surface area (Å²) in [5, 5.41) is 5.13. The highest BCUT2D eigenvalue weighted by molar-refractivity contribution is 7.89. The van der Waals surface area contributed by atoms with Gasteiger partial charge in [-0.1, -0.05) is 26.2 Å². The molecule has 0 saturated heterocycles. The second-order valence-electron chi connectivity index (χ2n) is 5.44. The lowest BCUT2D eigenvalue weighted by atomic mass is 10.1. The minimum Gasteiger partial charge on any atom is -0.312 e. The van der Waals surface area contributed by atoms with Crippen LogP contribution in [0.3, 0.4) is 0 Å². The second kappa shape index (κ2) is 6.58. The van der Waals surface area contributed by atoms with Crippen molar-refractivity contribution in [3.8, 4) is 0 Å². The van der Waals surface area contributed by atoms with Crippen LogP contribution in [0, 0.1) is 0 Å². The number of rotatable bonds is 6.